The van der Waals surface area contributed by atoms with Crippen molar-refractivity contribution >= 4 is 5.91 Å². The minimum Gasteiger partial charge on any atom is -0.368 e. The molecule has 2 atom stereocenters. The number of likely N-dealkylation sites (tertiary alicyclic amines) is 1. The number of hydrogen-bond acceptors (Lipinski definition) is 3. The lowest BCUT2D eigenvalue weighted by Gasteiger charge is -2.47. The first-order valence-corrected chi connectivity index (χ1v) is 8.27. The third-order valence-corrected chi connectivity index (χ3v) is 6.13. The summed E-state index contributed by atoms with van der Waals surface area (Å²) >= 11 is 0. The highest BCUT2D eigenvalue weighted by Crippen LogP contribution is 2.40. The molecule has 2 unspecified atom stereocenters. The lowest BCUT2D eigenvalue weighted by molar-refractivity contribution is -0.125. The van der Waals surface area contributed by atoms with Gasteiger partial charge < -0.3 is 16.4 Å². The van der Waals surface area contributed by atoms with Crippen molar-refractivity contribution in [1.29, 1.82) is 0 Å². The van der Waals surface area contributed by atoms with Gasteiger partial charge in [-0.3, -0.25) is 4.79 Å². The molecule has 4 N–H and O–H groups in total. The predicted octanol–water partition coefficient (Wildman–Crippen LogP) is 2.01. The highest BCUT2D eigenvalue weighted by molar-refractivity contribution is 5.84. The molecule has 4 nitrogen and oxygen atoms in total. The number of piperidine rings is 1. The third kappa shape index (κ3) is 3.01. The number of primary amides is 1. The van der Waals surface area contributed by atoms with Crippen molar-refractivity contribution in [1.82, 2.24) is 4.90 Å². The molecule has 20 heavy (non-hydrogen) atoms. The van der Waals surface area contributed by atoms with Crippen LogP contribution in [0.1, 0.15) is 65.2 Å². The Morgan fingerprint density at radius 3 is 2.30 bits per heavy atom. The van der Waals surface area contributed by atoms with Crippen LogP contribution in [0.15, 0.2) is 0 Å². The zero-order valence-electron chi connectivity index (χ0n) is 13.2. The van der Waals surface area contributed by atoms with E-state index in [-0.39, 0.29) is 5.91 Å². The van der Waals surface area contributed by atoms with Gasteiger partial charge in [0, 0.05) is 6.04 Å². The van der Waals surface area contributed by atoms with E-state index in [9.17, 15) is 4.79 Å². The first-order chi connectivity index (χ1) is 9.45. The topological polar surface area (TPSA) is 72.3 Å². The zero-order valence-corrected chi connectivity index (χ0v) is 13.2. The molecule has 2 rings (SSSR count). The van der Waals surface area contributed by atoms with Crippen molar-refractivity contribution < 1.29 is 4.79 Å². The molecule has 1 saturated carbocycles. The predicted molar refractivity (Wildman–Crippen MR) is 82.2 cm³/mol. The van der Waals surface area contributed by atoms with Crippen molar-refractivity contribution in [2.24, 2.45) is 16.9 Å². The van der Waals surface area contributed by atoms with E-state index in [1.54, 1.807) is 0 Å². The number of nitrogens with zero attached hydrogens (tertiary/aromatic N) is 1. The van der Waals surface area contributed by atoms with E-state index in [1.807, 2.05) is 0 Å². The lowest BCUT2D eigenvalue weighted by Crippen LogP contribution is -2.59. The van der Waals surface area contributed by atoms with E-state index in [1.165, 1.54) is 25.7 Å². The standard InChI is InChI=1S/C16H31N3O/c1-3-15(4-2)8-10-19(11-9-15)13-6-5-7-16(18,12-13)14(17)20/h13H,3-12,18H2,1-2H3,(H2,17,20). The van der Waals surface area contributed by atoms with E-state index in [0.29, 0.717) is 11.5 Å². The van der Waals surface area contributed by atoms with Crippen molar-refractivity contribution in [2.75, 3.05) is 13.1 Å². The summed E-state index contributed by atoms with van der Waals surface area (Å²) in [5.41, 5.74) is 11.5. The maximum atomic E-state index is 11.6. The van der Waals surface area contributed by atoms with Gasteiger partial charge in [0.1, 0.15) is 0 Å². The first-order valence-electron chi connectivity index (χ1n) is 8.27. The van der Waals surface area contributed by atoms with Gasteiger partial charge in [-0.2, -0.15) is 0 Å². The fourth-order valence-corrected chi connectivity index (χ4v) is 4.13. The Kier molecular flexibility index (Phi) is 4.75. The molecule has 4 heteroatoms. The molecule has 116 valence electrons. The second-order valence-electron chi connectivity index (χ2n) is 7.01. The largest absolute Gasteiger partial charge is 0.368 e. The fraction of sp³-hybridized carbons (Fsp3) is 0.938. The van der Waals surface area contributed by atoms with Crippen LogP contribution in [0.3, 0.4) is 0 Å². The highest BCUT2D eigenvalue weighted by atomic mass is 16.1. The number of carbonyl (C=O) groups is 1. The van der Waals surface area contributed by atoms with E-state index >= 15 is 0 Å². The average molecular weight is 281 g/mol. The van der Waals surface area contributed by atoms with Crippen molar-refractivity contribution in [3.63, 3.8) is 0 Å². The third-order valence-electron chi connectivity index (χ3n) is 6.13. The van der Waals surface area contributed by atoms with Gasteiger partial charge in [-0.05, 0) is 57.0 Å². The van der Waals surface area contributed by atoms with Crippen molar-refractivity contribution in [3.05, 3.63) is 0 Å². The van der Waals surface area contributed by atoms with Crippen LogP contribution < -0.4 is 11.5 Å². The van der Waals surface area contributed by atoms with Crippen LogP contribution in [0.4, 0.5) is 0 Å². The second kappa shape index (κ2) is 6.02. The molecule has 2 aliphatic rings. The summed E-state index contributed by atoms with van der Waals surface area (Å²) in [5.74, 6) is -0.323. The van der Waals surface area contributed by atoms with Gasteiger partial charge in [0.15, 0.2) is 0 Å². The van der Waals surface area contributed by atoms with Crippen LogP contribution in [0.2, 0.25) is 0 Å². The summed E-state index contributed by atoms with van der Waals surface area (Å²) in [4.78, 5) is 14.1. The smallest absolute Gasteiger partial charge is 0.237 e. The normalized spacial score (nSPS) is 34.9. The molecule has 0 aromatic carbocycles. The Morgan fingerprint density at radius 1 is 1.20 bits per heavy atom. The minimum absolute atomic E-state index is 0.323. The van der Waals surface area contributed by atoms with E-state index in [2.05, 4.69) is 18.7 Å². The summed E-state index contributed by atoms with van der Waals surface area (Å²) in [6.07, 6.45) is 8.81. The van der Waals surface area contributed by atoms with Crippen LogP contribution in [0.25, 0.3) is 0 Å². The molecule has 1 aliphatic carbocycles. The van der Waals surface area contributed by atoms with Gasteiger partial charge in [-0.1, -0.05) is 26.7 Å². The summed E-state index contributed by atoms with van der Waals surface area (Å²) in [6.45, 7) is 6.94. The quantitative estimate of drug-likeness (QED) is 0.828. The first kappa shape index (κ1) is 15.8. The van der Waals surface area contributed by atoms with Gasteiger partial charge in [0.05, 0.1) is 5.54 Å². The molecular formula is C16H31N3O. The lowest BCUT2D eigenvalue weighted by atomic mass is 9.72. The molecule has 1 amide bonds. The molecule has 2 fully saturated rings. The summed E-state index contributed by atoms with van der Waals surface area (Å²) < 4.78 is 0. The number of hydrogen-bond donors (Lipinski definition) is 2. The summed E-state index contributed by atoms with van der Waals surface area (Å²) in [7, 11) is 0. The SMILES string of the molecule is CCC1(CC)CCN(C2CCCC(N)(C(N)=O)C2)CC1. The Bertz CT molecular complexity index is 344. The van der Waals surface area contributed by atoms with Crippen LogP contribution in [-0.2, 0) is 4.79 Å². The average Bonchev–Trinajstić information content (AvgIpc) is 2.47. The Hall–Kier alpha value is -0.610. The molecule has 0 spiro atoms. The van der Waals surface area contributed by atoms with Gasteiger partial charge in [0.25, 0.3) is 0 Å². The maximum absolute atomic E-state index is 11.6. The van der Waals surface area contributed by atoms with Crippen molar-refractivity contribution in [2.45, 2.75) is 76.8 Å². The number of amides is 1. The molecule has 0 aromatic rings. The van der Waals surface area contributed by atoms with Gasteiger partial charge in [-0.15, -0.1) is 0 Å². The minimum atomic E-state index is -0.771. The van der Waals surface area contributed by atoms with E-state index in [0.717, 1.165) is 38.8 Å². The number of nitrogens with two attached hydrogens (primary N) is 2. The molecule has 1 heterocycles. The monoisotopic (exact) mass is 281 g/mol. The van der Waals surface area contributed by atoms with Crippen molar-refractivity contribution in [3.8, 4) is 0 Å². The molecular weight excluding hydrogens is 250 g/mol. The Morgan fingerprint density at radius 2 is 1.80 bits per heavy atom. The number of carbonyl (C=O) groups excluding carboxylic acids is 1. The zero-order chi connectivity index (χ0) is 14.8. The highest BCUT2D eigenvalue weighted by Gasteiger charge is 2.41. The van der Waals surface area contributed by atoms with Crippen LogP contribution in [0, 0.1) is 5.41 Å². The van der Waals surface area contributed by atoms with Gasteiger partial charge in [0.2, 0.25) is 5.91 Å². The summed E-state index contributed by atoms with van der Waals surface area (Å²) in [5, 5.41) is 0. The molecule has 1 saturated heterocycles. The van der Waals surface area contributed by atoms with Crippen LogP contribution in [0.5, 0.6) is 0 Å². The van der Waals surface area contributed by atoms with Crippen LogP contribution >= 0.6 is 0 Å². The van der Waals surface area contributed by atoms with Gasteiger partial charge in [-0.25, -0.2) is 0 Å². The van der Waals surface area contributed by atoms with E-state index < -0.39 is 5.54 Å². The molecule has 1 aliphatic heterocycles. The summed E-state index contributed by atoms with van der Waals surface area (Å²) in [6, 6.07) is 0.452. The fourth-order valence-electron chi connectivity index (χ4n) is 4.13. The molecule has 0 aromatic heterocycles. The number of rotatable bonds is 4. The Balaban J connectivity index is 1.95. The van der Waals surface area contributed by atoms with Gasteiger partial charge >= 0.3 is 0 Å². The second-order valence-corrected chi connectivity index (χ2v) is 7.01. The van der Waals surface area contributed by atoms with Crippen LogP contribution in [-0.4, -0.2) is 35.5 Å². The maximum Gasteiger partial charge on any atom is 0.237 e. The van der Waals surface area contributed by atoms with E-state index in [4.69, 9.17) is 11.5 Å². The molecule has 0 radical (unpaired) electrons. The Labute approximate surface area is 123 Å². The molecule has 0 bridgehead atoms.